The average molecular weight is 578 g/mol. The summed E-state index contributed by atoms with van der Waals surface area (Å²) in [6.45, 7) is 11.5. The lowest BCUT2D eigenvalue weighted by Crippen LogP contribution is -2.56. The van der Waals surface area contributed by atoms with E-state index in [1.807, 2.05) is 70.2 Å². The minimum absolute atomic E-state index is 0.0917. The van der Waals surface area contributed by atoms with E-state index in [4.69, 9.17) is 0 Å². The molecule has 0 aliphatic carbocycles. The summed E-state index contributed by atoms with van der Waals surface area (Å²) in [5, 5.41) is 3.00. The van der Waals surface area contributed by atoms with E-state index in [0.717, 1.165) is 15.4 Å². The molecule has 0 aromatic heterocycles. The summed E-state index contributed by atoms with van der Waals surface area (Å²) >= 11 is 0. The van der Waals surface area contributed by atoms with Gasteiger partial charge in [0.2, 0.25) is 11.8 Å². The molecule has 3 rings (SSSR count). The van der Waals surface area contributed by atoms with Crippen LogP contribution < -0.4 is 9.62 Å². The smallest absolute Gasteiger partial charge is 0.264 e. The zero-order valence-corrected chi connectivity index (χ0v) is 25.8. The summed E-state index contributed by atoms with van der Waals surface area (Å²) in [6.07, 6.45) is 0.914. The molecule has 0 aliphatic rings. The average Bonchev–Trinajstić information content (AvgIpc) is 2.93. The number of benzene rings is 3. The van der Waals surface area contributed by atoms with Crippen LogP contribution in [-0.4, -0.2) is 49.8 Å². The highest BCUT2D eigenvalue weighted by Crippen LogP contribution is 2.26. The van der Waals surface area contributed by atoms with Gasteiger partial charge in [-0.15, -0.1) is 0 Å². The van der Waals surface area contributed by atoms with Crippen LogP contribution in [0.15, 0.2) is 89.8 Å². The van der Waals surface area contributed by atoms with Gasteiger partial charge in [0.05, 0.1) is 10.6 Å². The van der Waals surface area contributed by atoms with E-state index in [1.165, 1.54) is 17.0 Å². The Labute approximate surface area is 245 Å². The van der Waals surface area contributed by atoms with Gasteiger partial charge in [0.25, 0.3) is 10.0 Å². The molecule has 0 bridgehead atoms. The number of hydrogen-bond donors (Lipinski definition) is 1. The second-order valence-corrected chi connectivity index (χ2v) is 13.4. The minimum Gasteiger partial charge on any atom is -0.350 e. The van der Waals surface area contributed by atoms with Crippen LogP contribution in [0, 0.1) is 0 Å². The Balaban J connectivity index is 2.02. The van der Waals surface area contributed by atoms with Crippen molar-refractivity contribution in [1.82, 2.24) is 10.2 Å². The first-order valence-electron chi connectivity index (χ1n) is 14.2. The first-order valence-corrected chi connectivity index (χ1v) is 15.6. The molecule has 8 heteroatoms. The van der Waals surface area contributed by atoms with Crippen molar-refractivity contribution in [2.45, 2.75) is 76.8 Å². The van der Waals surface area contributed by atoms with Crippen LogP contribution in [0.3, 0.4) is 0 Å². The maximum atomic E-state index is 14.1. The number of nitrogens with one attached hydrogen (secondary N) is 1. The topological polar surface area (TPSA) is 86.8 Å². The van der Waals surface area contributed by atoms with Crippen LogP contribution in [0.1, 0.15) is 65.0 Å². The fourth-order valence-corrected chi connectivity index (χ4v) is 6.06. The number of carbonyl (C=O) groups is 2. The molecule has 3 aromatic carbocycles. The van der Waals surface area contributed by atoms with Gasteiger partial charge in [-0.1, -0.05) is 81.4 Å². The first kappa shape index (κ1) is 31.9. The Bertz CT molecular complexity index is 1380. The third-order valence-electron chi connectivity index (χ3n) is 6.83. The Kier molecular flexibility index (Phi) is 10.7. The Morgan fingerprint density at radius 1 is 0.854 bits per heavy atom. The molecule has 0 saturated heterocycles. The molecule has 0 spiro atoms. The van der Waals surface area contributed by atoms with Crippen molar-refractivity contribution in [3.63, 3.8) is 0 Å². The van der Waals surface area contributed by atoms with E-state index < -0.39 is 34.1 Å². The number of hydrogen-bond acceptors (Lipinski definition) is 4. The van der Waals surface area contributed by atoms with Crippen LogP contribution in [0.25, 0.3) is 0 Å². The van der Waals surface area contributed by atoms with E-state index in [1.54, 1.807) is 30.3 Å². The predicted octanol–water partition coefficient (Wildman–Crippen LogP) is 5.77. The molecule has 41 heavy (non-hydrogen) atoms. The largest absolute Gasteiger partial charge is 0.350 e. The lowest BCUT2D eigenvalue weighted by Gasteiger charge is -2.34. The molecule has 0 heterocycles. The van der Waals surface area contributed by atoms with Crippen molar-refractivity contribution >= 4 is 27.5 Å². The zero-order valence-electron chi connectivity index (χ0n) is 25.0. The number of amides is 2. The van der Waals surface area contributed by atoms with Gasteiger partial charge in [-0.3, -0.25) is 13.9 Å². The van der Waals surface area contributed by atoms with Crippen LogP contribution in [-0.2, 0) is 26.0 Å². The fraction of sp³-hybridized carbons (Fsp3) is 0.394. The molecule has 220 valence electrons. The van der Waals surface area contributed by atoms with Crippen LogP contribution >= 0.6 is 0 Å². The summed E-state index contributed by atoms with van der Waals surface area (Å²) in [7, 11) is -4.08. The molecule has 0 radical (unpaired) electrons. The van der Waals surface area contributed by atoms with E-state index in [2.05, 4.69) is 19.2 Å². The monoisotopic (exact) mass is 577 g/mol. The summed E-state index contributed by atoms with van der Waals surface area (Å²) in [6, 6.07) is 24.3. The van der Waals surface area contributed by atoms with Crippen molar-refractivity contribution < 1.29 is 18.0 Å². The van der Waals surface area contributed by atoms with Gasteiger partial charge in [0, 0.05) is 12.1 Å². The van der Waals surface area contributed by atoms with Gasteiger partial charge in [0.1, 0.15) is 12.6 Å². The summed E-state index contributed by atoms with van der Waals surface area (Å²) in [5.74, 6) is -0.436. The van der Waals surface area contributed by atoms with Gasteiger partial charge in [-0.25, -0.2) is 8.42 Å². The van der Waals surface area contributed by atoms with Crippen LogP contribution in [0.4, 0.5) is 5.69 Å². The fourth-order valence-electron chi connectivity index (χ4n) is 4.62. The van der Waals surface area contributed by atoms with E-state index in [9.17, 15) is 18.0 Å². The third kappa shape index (κ3) is 8.67. The van der Waals surface area contributed by atoms with Crippen molar-refractivity contribution in [2.24, 2.45) is 0 Å². The SMILES string of the molecule is CC[C@H](C(=O)NC(C)(C)C)N(CCc1ccccc1)C(=O)CN(c1ccc(C(C)C)cc1)S(=O)(=O)c1ccccc1. The van der Waals surface area contributed by atoms with Crippen molar-refractivity contribution in [3.8, 4) is 0 Å². The lowest BCUT2D eigenvalue weighted by molar-refractivity contribution is -0.140. The van der Waals surface area contributed by atoms with Gasteiger partial charge >= 0.3 is 0 Å². The minimum atomic E-state index is -4.08. The Morgan fingerprint density at radius 2 is 1.41 bits per heavy atom. The molecule has 7 nitrogen and oxygen atoms in total. The molecule has 0 unspecified atom stereocenters. The molecule has 0 saturated carbocycles. The zero-order chi connectivity index (χ0) is 30.2. The second kappa shape index (κ2) is 13.8. The summed E-state index contributed by atoms with van der Waals surface area (Å²) in [4.78, 5) is 29.1. The first-order chi connectivity index (χ1) is 19.3. The van der Waals surface area contributed by atoms with Gasteiger partial charge in [0.15, 0.2) is 0 Å². The molecule has 3 aromatic rings. The highest BCUT2D eigenvalue weighted by molar-refractivity contribution is 7.92. The molecular formula is C33H43N3O4S. The van der Waals surface area contributed by atoms with Crippen molar-refractivity contribution in [2.75, 3.05) is 17.4 Å². The number of anilines is 1. The molecule has 0 fully saturated rings. The number of rotatable bonds is 12. The molecule has 2 amide bonds. The van der Waals surface area contributed by atoms with Crippen LogP contribution in [0.2, 0.25) is 0 Å². The molecular weight excluding hydrogens is 534 g/mol. The van der Waals surface area contributed by atoms with Gasteiger partial charge in [-0.2, -0.15) is 0 Å². The maximum absolute atomic E-state index is 14.1. The Morgan fingerprint density at radius 3 is 1.93 bits per heavy atom. The number of nitrogens with zero attached hydrogens (tertiary/aromatic N) is 2. The quantitative estimate of drug-likeness (QED) is 0.296. The van der Waals surface area contributed by atoms with Crippen LogP contribution in [0.5, 0.6) is 0 Å². The van der Waals surface area contributed by atoms with E-state index >= 15 is 0 Å². The van der Waals surface area contributed by atoms with E-state index in [-0.39, 0.29) is 23.3 Å². The molecule has 1 atom stereocenters. The normalized spacial score (nSPS) is 12.6. The van der Waals surface area contributed by atoms with Gasteiger partial charge in [-0.05, 0) is 74.9 Å². The van der Waals surface area contributed by atoms with Crippen molar-refractivity contribution in [3.05, 3.63) is 96.1 Å². The van der Waals surface area contributed by atoms with Gasteiger partial charge < -0.3 is 10.2 Å². The maximum Gasteiger partial charge on any atom is 0.264 e. The predicted molar refractivity (Wildman–Crippen MR) is 165 cm³/mol. The van der Waals surface area contributed by atoms with E-state index in [0.29, 0.717) is 18.5 Å². The second-order valence-electron chi connectivity index (χ2n) is 11.6. The van der Waals surface area contributed by atoms with Crippen molar-refractivity contribution in [1.29, 1.82) is 0 Å². The third-order valence-corrected chi connectivity index (χ3v) is 8.61. The highest BCUT2D eigenvalue weighted by Gasteiger charge is 2.34. The molecule has 1 N–H and O–H groups in total. The Hall–Kier alpha value is -3.65. The molecule has 0 aliphatic heterocycles. The standard InChI is InChI=1S/C33H43N3O4S/c1-7-30(32(38)34-33(4,5)6)35(23-22-26-14-10-8-11-15-26)31(37)24-36(28-20-18-27(19-21-28)25(2)3)41(39,40)29-16-12-9-13-17-29/h8-21,25,30H,7,22-24H2,1-6H3,(H,34,38)/t30-/m1/s1. The highest BCUT2D eigenvalue weighted by atomic mass is 32.2. The summed E-state index contributed by atoms with van der Waals surface area (Å²) in [5.41, 5.74) is 1.99. The summed E-state index contributed by atoms with van der Waals surface area (Å²) < 4.78 is 29.0. The number of sulfonamides is 1. The lowest BCUT2D eigenvalue weighted by atomic mass is 10.0. The number of carbonyl (C=O) groups excluding carboxylic acids is 2.